The predicted molar refractivity (Wildman–Crippen MR) is 77.1 cm³/mol. The van der Waals surface area contributed by atoms with Crippen LogP contribution < -0.4 is 5.43 Å². The van der Waals surface area contributed by atoms with E-state index >= 15 is 0 Å². The van der Waals surface area contributed by atoms with Crippen LogP contribution in [0.1, 0.15) is 17.7 Å². The normalized spacial score (nSPS) is 11.1. The zero-order valence-corrected chi connectivity index (χ0v) is 12.4. The molecule has 11 heteroatoms. The standard InChI is InChI=1S/C12H14FN7O3/c1-8-9(12(13)18(2)16-8)7-14-15-11(21)4-6-19-5-3-10(17-19)20(22)23/h3,5,7H,4,6H2,1-2H3,(H,15,21)/b14-7+. The molecule has 0 atom stereocenters. The van der Waals surface area contributed by atoms with Crippen molar-refractivity contribution in [2.45, 2.75) is 19.9 Å². The number of carbonyl (C=O) groups is 1. The van der Waals surface area contributed by atoms with Gasteiger partial charge in [0.25, 0.3) is 0 Å². The van der Waals surface area contributed by atoms with E-state index in [0.717, 1.165) is 4.68 Å². The third-order valence-corrected chi connectivity index (χ3v) is 2.96. The molecule has 0 fully saturated rings. The number of hydrogen-bond acceptors (Lipinski definition) is 6. The summed E-state index contributed by atoms with van der Waals surface area (Å²) in [6, 6.07) is 1.24. The molecule has 2 aromatic rings. The van der Waals surface area contributed by atoms with Crippen molar-refractivity contribution in [3.63, 3.8) is 0 Å². The first kappa shape index (κ1) is 16.3. The van der Waals surface area contributed by atoms with Crippen LogP contribution in [0, 0.1) is 23.0 Å². The minimum Gasteiger partial charge on any atom is -0.358 e. The maximum absolute atomic E-state index is 13.6. The van der Waals surface area contributed by atoms with Crippen molar-refractivity contribution in [2.75, 3.05) is 0 Å². The molecular weight excluding hydrogens is 309 g/mol. The summed E-state index contributed by atoms with van der Waals surface area (Å²) >= 11 is 0. The molecule has 0 bridgehead atoms. The van der Waals surface area contributed by atoms with E-state index in [2.05, 4.69) is 20.7 Å². The van der Waals surface area contributed by atoms with Crippen LogP contribution in [-0.2, 0) is 18.4 Å². The molecule has 2 rings (SSSR count). The smallest absolute Gasteiger partial charge is 0.358 e. The first-order valence-electron chi connectivity index (χ1n) is 6.57. The van der Waals surface area contributed by atoms with Crippen LogP contribution in [0.2, 0.25) is 0 Å². The Labute approximate surface area is 129 Å². The average Bonchev–Trinajstić information content (AvgIpc) is 3.05. The molecule has 122 valence electrons. The zero-order chi connectivity index (χ0) is 17.0. The van der Waals surface area contributed by atoms with Gasteiger partial charge in [-0.3, -0.25) is 4.79 Å². The van der Waals surface area contributed by atoms with E-state index in [1.807, 2.05) is 0 Å². The van der Waals surface area contributed by atoms with Crippen molar-refractivity contribution in [2.24, 2.45) is 12.1 Å². The molecule has 0 saturated heterocycles. The fourth-order valence-corrected chi connectivity index (χ4v) is 1.81. The average molecular weight is 323 g/mol. The number of aryl methyl sites for hydroxylation is 3. The molecule has 0 unspecified atom stereocenters. The van der Waals surface area contributed by atoms with E-state index in [-0.39, 0.29) is 24.3 Å². The van der Waals surface area contributed by atoms with E-state index in [0.29, 0.717) is 5.69 Å². The molecule has 2 heterocycles. The summed E-state index contributed by atoms with van der Waals surface area (Å²) in [5.74, 6) is -1.27. The number of hydrogen-bond donors (Lipinski definition) is 1. The number of carbonyl (C=O) groups excluding carboxylic acids is 1. The molecule has 10 nitrogen and oxygen atoms in total. The van der Waals surface area contributed by atoms with E-state index < -0.39 is 16.8 Å². The van der Waals surface area contributed by atoms with E-state index in [1.54, 1.807) is 6.92 Å². The van der Waals surface area contributed by atoms with Gasteiger partial charge in [-0.25, -0.2) is 10.1 Å². The summed E-state index contributed by atoms with van der Waals surface area (Å²) in [5, 5.41) is 21.7. The Morgan fingerprint density at radius 1 is 1.57 bits per heavy atom. The summed E-state index contributed by atoms with van der Waals surface area (Å²) < 4.78 is 16.0. The Hall–Kier alpha value is -3.11. The first-order valence-corrected chi connectivity index (χ1v) is 6.57. The Morgan fingerprint density at radius 2 is 2.30 bits per heavy atom. The number of nitro groups is 1. The van der Waals surface area contributed by atoms with Crippen LogP contribution in [-0.4, -0.2) is 36.6 Å². The van der Waals surface area contributed by atoms with Crippen LogP contribution in [0.15, 0.2) is 17.4 Å². The molecular formula is C12H14FN7O3. The number of aromatic nitrogens is 4. The van der Waals surface area contributed by atoms with Crippen LogP contribution in [0.3, 0.4) is 0 Å². The van der Waals surface area contributed by atoms with E-state index in [1.165, 1.54) is 30.2 Å². The molecule has 0 aromatic carbocycles. The summed E-state index contributed by atoms with van der Waals surface area (Å²) in [4.78, 5) is 21.5. The van der Waals surface area contributed by atoms with Gasteiger partial charge in [0.1, 0.15) is 0 Å². The Kier molecular flexibility index (Phi) is 4.79. The van der Waals surface area contributed by atoms with Crippen LogP contribution in [0.25, 0.3) is 0 Å². The van der Waals surface area contributed by atoms with Gasteiger partial charge in [-0.2, -0.15) is 19.3 Å². The van der Waals surface area contributed by atoms with Crippen molar-refractivity contribution < 1.29 is 14.1 Å². The second-order valence-electron chi connectivity index (χ2n) is 4.65. The highest BCUT2D eigenvalue weighted by Crippen LogP contribution is 2.08. The van der Waals surface area contributed by atoms with Gasteiger partial charge in [-0.1, -0.05) is 0 Å². The lowest BCUT2D eigenvalue weighted by atomic mass is 10.3. The van der Waals surface area contributed by atoms with Gasteiger partial charge < -0.3 is 10.1 Å². The Bertz CT molecular complexity index is 765. The fourth-order valence-electron chi connectivity index (χ4n) is 1.81. The highest BCUT2D eigenvalue weighted by atomic mass is 19.1. The fraction of sp³-hybridized carbons (Fsp3) is 0.333. The minimum atomic E-state index is -0.619. The monoisotopic (exact) mass is 323 g/mol. The summed E-state index contributed by atoms with van der Waals surface area (Å²) in [7, 11) is 1.46. The minimum absolute atomic E-state index is 0.0185. The second-order valence-corrected chi connectivity index (χ2v) is 4.65. The van der Waals surface area contributed by atoms with Crippen LogP contribution >= 0.6 is 0 Å². The van der Waals surface area contributed by atoms with Gasteiger partial charge in [0, 0.05) is 13.5 Å². The number of halogens is 1. The summed E-state index contributed by atoms with van der Waals surface area (Å²) in [6.45, 7) is 1.78. The molecule has 1 amide bonds. The topological polar surface area (TPSA) is 120 Å². The highest BCUT2D eigenvalue weighted by Gasteiger charge is 2.12. The number of nitrogens with zero attached hydrogens (tertiary/aromatic N) is 6. The van der Waals surface area contributed by atoms with Gasteiger partial charge in [0.05, 0.1) is 41.4 Å². The second kappa shape index (κ2) is 6.77. The summed E-state index contributed by atoms with van der Waals surface area (Å²) in [6.07, 6.45) is 2.60. The molecule has 0 radical (unpaired) electrons. The highest BCUT2D eigenvalue weighted by molar-refractivity contribution is 5.83. The number of rotatable bonds is 6. The van der Waals surface area contributed by atoms with Crippen LogP contribution in [0.5, 0.6) is 0 Å². The van der Waals surface area contributed by atoms with Gasteiger partial charge in [-0.15, -0.1) is 0 Å². The molecule has 0 aliphatic heterocycles. The largest absolute Gasteiger partial charge is 0.389 e. The van der Waals surface area contributed by atoms with Crippen molar-refractivity contribution in [3.8, 4) is 0 Å². The molecule has 0 saturated carbocycles. The van der Waals surface area contributed by atoms with Crippen molar-refractivity contribution in [1.82, 2.24) is 25.0 Å². The lowest BCUT2D eigenvalue weighted by molar-refractivity contribution is -0.389. The van der Waals surface area contributed by atoms with Crippen molar-refractivity contribution in [1.29, 1.82) is 0 Å². The molecule has 1 N–H and O–H groups in total. The number of hydrazone groups is 1. The molecule has 0 aliphatic rings. The van der Waals surface area contributed by atoms with Gasteiger partial charge in [0.2, 0.25) is 11.9 Å². The van der Waals surface area contributed by atoms with Crippen molar-refractivity contribution >= 4 is 17.9 Å². The first-order chi connectivity index (χ1) is 10.9. The molecule has 0 aliphatic carbocycles. The number of nitrogens with one attached hydrogen (secondary N) is 1. The van der Waals surface area contributed by atoms with Gasteiger partial charge in [0.15, 0.2) is 0 Å². The van der Waals surface area contributed by atoms with Crippen molar-refractivity contribution in [3.05, 3.63) is 39.6 Å². The lowest BCUT2D eigenvalue weighted by Crippen LogP contribution is -2.19. The third kappa shape index (κ3) is 3.96. The molecule has 2 aromatic heterocycles. The summed E-state index contributed by atoms with van der Waals surface area (Å²) in [5.41, 5.74) is 2.89. The quantitative estimate of drug-likeness (QED) is 0.472. The predicted octanol–water partition coefficient (Wildman–Crippen LogP) is 0.513. The molecule has 23 heavy (non-hydrogen) atoms. The third-order valence-electron chi connectivity index (χ3n) is 2.96. The zero-order valence-electron chi connectivity index (χ0n) is 12.4. The van der Waals surface area contributed by atoms with Gasteiger partial charge >= 0.3 is 5.82 Å². The number of amides is 1. The molecule has 0 spiro atoms. The van der Waals surface area contributed by atoms with Gasteiger partial charge in [-0.05, 0) is 11.8 Å². The Morgan fingerprint density at radius 3 is 2.87 bits per heavy atom. The Balaban J connectivity index is 1.85. The SMILES string of the molecule is Cc1nn(C)c(F)c1/C=N/NC(=O)CCn1ccc([N+](=O)[O-])n1. The maximum Gasteiger partial charge on any atom is 0.389 e. The lowest BCUT2D eigenvalue weighted by Gasteiger charge is -1.98. The van der Waals surface area contributed by atoms with Crippen LogP contribution in [0.4, 0.5) is 10.2 Å². The maximum atomic E-state index is 13.6. The van der Waals surface area contributed by atoms with E-state index in [9.17, 15) is 19.3 Å². The van der Waals surface area contributed by atoms with E-state index in [4.69, 9.17) is 0 Å².